The fourth-order valence-corrected chi connectivity index (χ4v) is 2.10. The monoisotopic (exact) mass is 272 g/mol. The van der Waals surface area contributed by atoms with Crippen molar-refractivity contribution >= 4 is 5.57 Å². The van der Waals surface area contributed by atoms with Crippen LogP contribution in [0.15, 0.2) is 54.6 Å². The zero-order valence-corrected chi connectivity index (χ0v) is 12.2. The molecule has 0 fully saturated rings. The lowest BCUT2D eigenvalue weighted by Crippen LogP contribution is -1.94. The number of aryl methyl sites for hydroxylation is 2. The molecule has 0 bridgehead atoms. The first-order valence-electron chi connectivity index (χ1n) is 6.79. The summed E-state index contributed by atoms with van der Waals surface area (Å²) in [6, 6.07) is 20.2. The van der Waals surface area contributed by atoms with Crippen molar-refractivity contribution < 1.29 is 0 Å². The Morgan fingerprint density at radius 3 is 1.52 bits per heavy atom. The van der Waals surface area contributed by atoms with Crippen LogP contribution in [0.1, 0.15) is 22.3 Å². The first-order chi connectivity index (χ1) is 10.1. The van der Waals surface area contributed by atoms with Crippen LogP contribution in [0.3, 0.4) is 0 Å². The van der Waals surface area contributed by atoms with Crippen LogP contribution in [0, 0.1) is 42.4 Å². The minimum atomic E-state index is -0.748. The van der Waals surface area contributed by atoms with E-state index in [-0.39, 0.29) is 0 Å². The molecule has 0 aliphatic carbocycles. The Morgan fingerprint density at radius 2 is 1.19 bits per heavy atom. The smallest absolute Gasteiger partial charge is 0.152 e. The SMILES string of the molecule is Cc1ccc(C(=CC(C#N)C#N)c2ccc(C)cc2)cc1. The van der Waals surface area contributed by atoms with Crippen LogP contribution in [0.4, 0.5) is 0 Å². The maximum atomic E-state index is 9.04. The lowest BCUT2D eigenvalue weighted by atomic mass is 9.93. The number of allylic oxidation sites excluding steroid dienone is 1. The molecule has 2 aromatic rings. The molecule has 0 heterocycles. The Bertz CT molecular complexity index is 662. The van der Waals surface area contributed by atoms with Crippen LogP contribution in [-0.2, 0) is 0 Å². The molecule has 0 aromatic heterocycles. The Balaban J connectivity index is 2.54. The zero-order valence-electron chi connectivity index (χ0n) is 12.2. The number of nitrogens with zero attached hydrogens (tertiary/aromatic N) is 2. The van der Waals surface area contributed by atoms with Crippen LogP contribution in [0.5, 0.6) is 0 Å². The van der Waals surface area contributed by atoms with Crippen LogP contribution >= 0.6 is 0 Å². The van der Waals surface area contributed by atoms with E-state index in [0.29, 0.717) is 0 Å². The molecule has 21 heavy (non-hydrogen) atoms. The highest BCUT2D eigenvalue weighted by molar-refractivity contribution is 5.80. The fourth-order valence-electron chi connectivity index (χ4n) is 2.10. The van der Waals surface area contributed by atoms with Gasteiger partial charge in [-0.25, -0.2) is 0 Å². The summed E-state index contributed by atoms with van der Waals surface area (Å²) in [7, 11) is 0. The topological polar surface area (TPSA) is 47.6 Å². The van der Waals surface area contributed by atoms with E-state index in [1.165, 1.54) is 11.1 Å². The van der Waals surface area contributed by atoms with Crippen molar-refractivity contribution in [2.75, 3.05) is 0 Å². The zero-order chi connectivity index (χ0) is 15.2. The predicted octanol–water partition coefficient (Wildman–Crippen LogP) is 4.40. The third kappa shape index (κ3) is 3.59. The van der Waals surface area contributed by atoms with Crippen molar-refractivity contribution in [2.24, 2.45) is 5.92 Å². The molecule has 0 radical (unpaired) electrons. The van der Waals surface area contributed by atoms with E-state index in [0.717, 1.165) is 16.7 Å². The van der Waals surface area contributed by atoms with Crippen molar-refractivity contribution in [3.63, 3.8) is 0 Å². The molecule has 0 amide bonds. The average molecular weight is 272 g/mol. The van der Waals surface area contributed by atoms with Crippen molar-refractivity contribution in [3.05, 3.63) is 76.9 Å². The fraction of sp³-hybridized carbons (Fsp3) is 0.158. The highest BCUT2D eigenvalue weighted by atomic mass is 14.3. The molecule has 0 saturated heterocycles. The van der Waals surface area contributed by atoms with Crippen molar-refractivity contribution in [2.45, 2.75) is 13.8 Å². The summed E-state index contributed by atoms with van der Waals surface area (Å²) in [6.45, 7) is 4.07. The van der Waals surface area contributed by atoms with E-state index >= 15 is 0 Å². The highest BCUT2D eigenvalue weighted by Crippen LogP contribution is 2.25. The normalized spacial score (nSPS) is 9.76. The standard InChI is InChI=1S/C19H16N2/c1-14-3-7-17(8-4-14)19(11-16(12-20)13-21)18-9-5-15(2)6-10-18/h3-11,16H,1-2H3. The molecular formula is C19H16N2. The summed E-state index contributed by atoms with van der Waals surface area (Å²) >= 11 is 0. The minimum Gasteiger partial charge on any atom is -0.197 e. The van der Waals surface area contributed by atoms with Crippen LogP contribution in [-0.4, -0.2) is 0 Å². The third-order valence-electron chi connectivity index (χ3n) is 3.34. The van der Waals surface area contributed by atoms with Crippen molar-refractivity contribution in [1.82, 2.24) is 0 Å². The van der Waals surface area contributed by atoms with Gasteiger partial charge in [-0.1, -0.05) is 59.7 Å². The second-order valence-corrected chi connectivity index (χ2v) is 5.05. The maximum Gasteiger partial charge on any atom is 0.152 e. The van der Waals surface area contributed by atoms with Gasteiger partial charge >= 0.3 is 0 Å². The predicted molar refractivity (Wildman–Crippen MR) is 84.2 cm³/mol. The van der Waals surface area contributed by atoms with E-state index < -0.39 is 5.92 Å². The molecule has 0 aliphatic heterocycles. The lowest BCUT2D eigenvalue weighted by molar-refractivity contribution is 1.09. The molecule has 2 heteroatoms. The van der Waals surface area contributed by atoms with Gasteiger partial charge in [0.25, 0.3) is 0 Å². The molecule has 0 N–H and O–H groups in total. The van der Waals surface area contributed by atoms with Gasteiger partial charge in [0.2, 0.25) is 0 Å². The van der Waals surface area contributed by atoms with E-state index in [1.807, 2.05) is 74.5 Å². The Hall–Kier alpha value is -2.84. The molecule has 0 aliphatic rings. The Kier molecular flexibility index (Phi) is 4.54. The Morgan fingerprint density at radius 1 is 0.810 bits per heavy atom. The van der Waals surface area contributed by atoms with Gasteiger partial charge in [0.1, 0.15) is 0 Å². The van der Waals surface area contributed by atoms with E-state index in [9.17, 15) is 0 Å². The third-order valence-corrected chi connectivity index (χ3v) is 3.34. The average Bonchev–Trinajstić information content (AvgIpc) is 2.51. The molecule has 102 valence electrons. The number of rotatable bonds is 3. The molecule has 2 aromatic carbocycles. The van der Waals surface area contributed by atoms with Gasteiger partial charge in [-0.15, -0.1) is 0 Å². The molecule has 0 unspecified atom stereocenters. The molecule has 0 saturated carbocycles. The largest absolute Gasteiger partial charge is 0.197 e. The summed E-state index contributed by atoms with van der Waals surface area (Å²) in [6.07, 6.45) is 1.73. The molecule has 0 atom stereocenters. The van der Waals surface area contributed by atoms with Gasteiger partial charge in [0, 0.05) is 0 Å². The number of hydrogen-bond donors (Lipinski definition) is 0. The molecular weight excluding hydrogens is 256 g/mol. The van der Waals surface area contributed by atoms with Gasteiger partial charge in [-0.05, 0) is 36.6 Å². The molecule has 2 nitrogen and oxygen atoms in total. The Labute approximate surface area is 125 Å². The summed E-state index contributed by atoms with van der Waals surface area (Å²) in [5.41, 5.74) is 5.31. The number of nitriles is 2. The molecule has 0 spiro atoms. The van der Waals surface area contributed by atoms with Gasteiger partial charge < -0.3 is 0 Å². The van der Waals surface area contributed by atoms with Gasteiger partial charge in [-0.3, -0.25) is 0 Å². The summed E-state index contributed by atoms with van der Waals surface area (Å²) in [5, 5.41) is 18.1. The van der Waals surface area contributed by atoms with Crippen LogP contribution in [0.25, 0.3) is 5.57 Å². The van der Waals surface area contributed by atoms with E-state index in [2.05, 4.69) is 0 Å². The molecule has 2 rings (SSSR count). The van der Waals surface area contributed by atoms with Gasteiger partial charge in [0.05, 0.1) is 12.1 Å². The lowest BCUT2D eigenvalue weighted by Gasteiger charge is -2.10. The second kappa shape index (κ2) is 6.55. The second-order valence-electron chi connectivity index (χ2n) is 5.05. The van der Waals surface area contributed by atoms with E-state index in [1.54, 1.807) is 6.08 Å². The highest BCUT2D eigenvalue weighted by Gasteiger charge is 2.09. The van der Waals surface area contributed by atoms with Crippen LogP contribution < -0.4 is 0 Å². The quantitative estimate of drug-likeness (QED) is 0.831. The maximum absolute atomic E-state index is 9.04. The first-order valence-corrected chi connectivity index (χ1v) is 6.79. The summed E-state index contributed by atoms with van der Waals surface area (Å²) in [4.78, 5) is 0. The number of hydrogen-bond acceptors (Lipinski definition) is 2. The number of benzene rings is 2. The van der Waals surface area contributed by atoms with Crippen molar-refractivity contribution in [1.29, 1.82) is 10.5 Å². The van der Waals surface area contributed by atoms with Crippen LogP contribution in [0.2, 0.25) is 0 Å². The first kappa shape index (κ1) is 14.6. The minimum absolute atomic E-state index is 0.748. The van der Waals surface area contributed by atoms with Gasteiger partial charge in [0.15, 0.2) is 5.92 Å². The summed E-state index contributed by atoms with van der Waals surface area (Å²) in [5.74, 6) is -0.748. The summed E-state index contributed by atoms with van der Waals surface area (Å²) < 4.78 is 0. The van der Waals surface area contributed by atoms with E-state index in [4.69, 9.17) is 10.5 Å². The van der Waals surface area contributed by atoms with Gasteiger partial charge in [-0.2, -0.15) is 10.5 Å². The van der Waals surface area contributed by atoms with Crippen molar-refractivity contribution in [3.8, 4) is 12.1 Å².